The Morgan fingerprint density at radius 2 is 2.14 bits per heavy atom. The highest BCUT2D eigenvalue weighted by Gasteiger charge is 2.17. The highest BCUT2D eigenvalue weighted by molar-refractivity contribution is 5.97. The Labute approximate surface area is 124 Å². The van der Waals surface area contributed by atoms with Crippen LogP contribution < -0.4 is 5.32 Å². The number of amides is 1. The number of oxazole rings is 1. The summed E-state index contributed by atoms with van der Waals surface area (Å²) < 4.78 is 5.54. The molecule has 0 fully saturated rings. The van der Waals surface area contributed by atoms with Crippen molar-refractivity contribution in [3.05, 3.63) is 23.4 Å². The van der Waals surface area contributed by atoms with Gasteiger partial charge in [-0.2, -0.15) is 0 Å². The standard InChI is InChI=1S/C15H21N3O3/c1-3-18(4-2)10-14(20)16-8-7-15-17-12-6-5-11(19)9-13(12)21-15/h5-6H,3-4,7-10H2,1-2H3,(H,16,20). The van der Waals surface area contributed by atoms with Crippen molar-refractivity contribution in [1.29, 1.82) is 0 Å². The number of nitrogens with zero attached hydrogens (tertiary/aromatic N) is 2. The summed E-state index contributed by atoms with van der Waals surface area (Å²) in [6, 6.07) is 0. The molecule has 0 saturated heterocycles. The van der Waals surface area contributed by atoms with Crippen molar-refractivity contribution < 1.29 is 14.0 Å². The first-order valence-corrected chi connectivity index (χ1v) is 7.31. The fourth-order valence-electron chi connectivity index (χ4n) is 2.18. The van der Waals surface area contributed by atoms with Gasteiger partial charge in [0.1, 0.15) is 11.5 Å². The lowest BCUT2D eigenvalue weighted by atomic mass is 10.1. The average molecular weight is 291 g/mol. The fourth-order valence-corrected chi connectivity index (χ4v) is 2.18. The van der Waals surface area contributed by atoms with Gasteiger partial charge in [-0.05, 0) is 25.2 Å². The zero-order valence-electron chi connectivity index (χ0n) is 12.5. The van der Waals surface area contributed by atoms with Crippen LogP contribution in [-0.2, 0) is 22.4 Å². The van der Waals surface area contributed by atoms with E-state index in [1.807, 2.05) is 13.8 Å². The van der Waals surface area contributed by atoms with Crippen LogP contribution in [0.4, 0.5) is 0 Å². The van der Waals surface area contributed by atoms with Gasteiger partial charge < -0.3 is 9.73 Å². The molecule has 21 heavy (non-hydrogen) atoms. The first-order chi connectivity index (χ1) is 10.1. The summed E-state index contributed by atoms with van der Waals surface area (Å²) in [5.74, 6) is 1.21. The molecule has 1 aromatic rings. The fraction of sp³-hybridized carbons (Fsp3) is 0.533. The third-order valence-electron chi connectivity index (χ3n) is 3.46. The summed E-state index contributed by atoms with van der Waals surface area (Å²) in [6.45, 7) is 6.67. The van der Waals surface area contributed by atoms with E-state index in [9.17, 15) is 9.59 Å². The van der Waals surface area contributed by atoms with Crippen molar-refractivity contribution >= 4 is 17.8 Å². The van der Waals surface area contributed by atoms with Crippen LogP contribution in [0.25, 0.3) is 6.08 Å². The molecular weight excluding hydrogens is 270 g/mol. The summed E-state index contributed by atoms with van der Waals surface area (Å²) in [5.41, 5.74) is 0.721. The predicted octanol–water partition coefficient (Wildman–Crippen LogP) is 0.814. The van der Waals surface area contributed by atoms with Gasteiger partial charge >= 0.3 is 0 Å². The number of hydrogen-bond donors (Lipinski definition) is 1. The molecule has 1 aromatic heterocycles. The molecule has 0 aliphatic heterocycles. The third-order valence-corrected chi connectivity index (χ3v) is 3.46. The van der Waals surface area contributed by atoms with E-state index in [0.717, 1.165) is 18.8 Å². The zero-order chi connectivity index (χ0) is 15.2. The quantitative estimate of drug-likeness (QED) is 0.804. The van der Waals surface area contributed by atoms with Crippen molar-refractivity contribution in [2.75, 3.05) is 26.2 Å². The van der Waals surface area contributed by atoms with Crippen molar-refractivity contribution in [3.63, 3.8) is 0 Å². The topological polar surface area (TPSA) is 75.4 Å². The van der Waals surface area contributed by atoms with Crippen molar-refractivity contribution in [2.45, 2.75) is 26.7 Å². The van der Waals surface area contributed by atoms with Crippen LogP contribution >= 0.6 is 0 Å². The maximum Gasteiger partial charge on any atom is 0.234 e. The van der Waals surface area contributed by atoms with E-state index < -0.39 is 0 Å². The van der Waals surface area contributed by atoms with Gasteiger partial charge in [-0.15, -0.1) is 0 Å². The van der Waals surface area contributed by atoms with Gasteiger partial charge in [-0.25, -0.2) is 4.98 Å². The number of carbonyl (C=O) groups excluding carboxylic acids is 2. The SMILES string of the molecule is CCN(CC)CC(=O)NCCc1nc2c(o1)CC(=O)C=C2. The molecule has 1 amide bonds. The van der Waals surface area contributed by atoms with Crippen LogP contribution in [0.5, 0.6) is 0 Å². The lowest BCUT2D eigenvalue weighted by molar-refractivity contribution is -0.122. The monoisotopic (exact) mass is 291 g/mol. The molecule has 2 rings (SSSR count). The van der Waals surface area contributed by atoms with Crippen LogP contribution in [0, 0.1) is 0 Å². The first-order valence-electron chi connectivity index (χ1n) is 7.31. The molecular formula is C15H21N3O3. The minimum atomic E-state index is 0.00472. The number of fused-ring (bicyclic) bond motifs is 1. The highest BCUT2D eigenvalue weighted by atomic mass is 16.4. The van der Waals surface area contributed by atoms with Crippen molar-refractivity contribution in [1.82, 2.24) is 15.2 Å². The number of carbonyl (C=O) groups is 2. The van der Waals surface area contributed by atoms with Crippen molar-refractivity contribution in [3.8, 4) is 0 Å². The number of hydrogen-bond acceptors (Lipinski definition) is 5. The minimum absolute atomic E-state index is 0.00472. The van der Waals surface area contributed by atoms with E-state index in [-0.39, 0.29) is 18.1 Å². The third kappa shape index (κ3) is 4.26. The Balaban J connectivity index is 1.78. The Morgan fingerprint density at radius 1 is 1.38 bits per heavy atom. The maximum atomic E-state index is 11.7. The van der Waals surface area contributed by atoms with Crippen LogP contribution in [0.2, 0.25) is 0 Å². The molecule has 0 unspecified atom stereocenters. The van der Waals surface area contributed by atoms with E-state index >= 15 is 0 Å². The van der Waals surface area contributed by atoms with Gasteiger partial charge in [0, 0.05) is 13.0 Å². The van der Waals surface area contributed by atoms with E-state index in [4.69, 9.17) is 4.42 Å². The molecule has 0 radical (unpaired) electrons. The van der Waals surface area contributed by atoms with E-state index in [1.54, 1.807) is 6.08 Å². The van der Waals surface area contributed by atoms with E-state index in [1.165, 1.54) is 6.08 Å². The molecule has 6 heteroatoms. The molecule has 0 atom stereocenters. The van der Waals surface area contributed by atoms with Gasteiger partial charge in [-0.1, -0.05) is 13.8 Å². The molecule has 1 aliphatic carbocycles. The summed E-state index contributed by atoms with van der Waals surface area (Å²) in [7, 11) is 0. The average Bonchev–Trinajstić information content (AvgIpc) is 2.86. The molecule has 1 heterocycles. The zero-order valence-corrected chi connectivity index (χ0v) is 12.5. The number of ketones is 1. The number of likely N-dealkylation sites (N-methyl/N-ethyl adjacent to an activating group) is 1. The van der Waals surface area contributed by atoms with Crippen molar-refractivity contribution in [2.24, 2.45) is 0 Å². The first kappa shape index (κ1) is 15.4. The number of allylic oxidation sites excluding steroid dienone is 1. The van der Waals surface area contributed by atoms with E-state index in [0.29, 0.717) is 31.2 Å². The van der Waals surface area contributed by atoms with Crippen LogP contribution in [0.1, 0.15) is 31.2 Å². The molecule has 114 valence electrons. The summed E-state index contributed by atoms with van der Waals surface area (Å²) in [5, 5.41) is 2.85. The summed E-state index contributed by atoms with van der Waals surface area (Å²) >= 11 is 0. The molecule has 1 aliphatic rings. The van der Waals surface area contributed by atoms with Crippen LogP contribution in [-0.4, -0.2) is 47.8 Å². The second-order valence-corrected chi connectivity index (χ2v) is 4.95. The van der Waals surface area contributed by atoms with Crippen LogP contribution in [0.3, 0.4) is 0 Å². The molecule has 0 aromatic carbocycles. The normalized spacial score (nSPS) is 13.6. The predicted molar refractivity (Wildman–Crippen MR) is 78.7 cm³/mol. The van der Waals surface area contributed by atoms with Gasteiger partial charge in [0.2, 0.25) is 5.91 Å². The molecule has 0 bridgehead atoms. The Hall–Kier alpha value is -1.95. The number of rotatable bonds is 7. The molecule has 0 spiro atoms. The van der Waals surface area contributed by atoms with Gasteiger partial charge in [0.15, 0.2) is 11.7 Å². The van der Waals surface area contributed by atoms with Gasteiger partial charge in [0.05, 0.1) is 13.0 Å². The smallest absolute Gasteiger partial charge is 0.234 e. The molecule has 0 saturated carbocycles. The minimum Gasteiger partial charge on any atom is -0.445 e. The molecule has 1 N–H and O–H groups in total. The van der Waals surface area contributed by atoms with Gasteiger partial charge in [0.25, 0.3) is 0 Å². The van der Waals surface area contributed by atoms with E-state index in [2.05, 4.69) is 15.2 Å². The summed E-state index contributed by atoms with van der Waals surface area (Å²) in [4.78, 5) is 29.4. The highest BCUT2D eigenvalue weighted by Crippen LogP contribution is 2.18. The van der Waals surface area contributed by atoms with Crippen LogP contribution in [0.15, 0.2) is 10.5 Å². The Kier molecular flexibility index (Phi) is 5.27. The lowest BCUT2D eigenvalue weighted by Gasteiger charge is -2.16. The Bertz CT molecular complexity index is 544. The second-order valence-electron chi connectivity index (χ2n) is 4.95. The molecule has 6 nitrogen and oxygen atoms in total. The largest absolute Gasteiger partial charge is 0.445 e. The van der Waals surface area contributed by atoms with Gasteiger partial charge in [-0.3, -0.25) is 14.5 Å². The maximum absolute atomic E-state index is 11.7. The lowest BCUT2D eigenvalue weighted by Crippen LogP contribution is -2.37. The Morgan fingerprint density at radius 3 is 2.86 bits per heavy atom. The number of nitrogens with one attached hydrogen (secondary N) is 1. The number of aromatic nitrogens is 1. The second kappa shape index (κ2) is 7.17. The summed E-state index contributed by atoms with van der Waals surface area (Å²) in [6.07, 6.45) is 3.99.